The minimum Gasteiger partial charge on any atom is -0.497 e. The number of carbonyl (C=O) groups is 4. The molecule has 16 heteroatoms. The third-order valence-electron chi connectivity index (χ3n) is 14.1. The van der Waals surface area contributed by atoms with Gasteiger partial charge in [0.1, 0.15) is 23.7 Å². The van der Waals surface area contributed by atoms with E-state index in [0.29, 0.717) is 53.6 Å². The van der Waals surface area contributed by atoms with Gasteiger partial charge in [-0.3, -0.25) is 23.9 Å². The Morgan fingerprint density at radius 2 is 1.78 bits per heavy atom. The molecule has 3 heterocycles. The van der Waals surface area contributed by atoms with Crippen molar-refractivity contribution >= 4 is 44.6 Å². The van der Waals surface area contributed by atoms with Crippen LogP contribution in [0.15, 0.2) is 18.2 Å². The molecule has 8 rings (SSSR count). The average molecular weight is 843 g/mol. The van der Waals surface area contributed by atoms with Gasteiger partial charge in [0.2, 0.25) is 34.1 Å². The second-order valence-electron chi connectivity index (χ2n) is 19.2. The van der Waals surface area contributed by atoms with Crippen molar-refractivity contribution in [3.05, 3.63) is 23.9 Å². The van der Waals surface area contributed by atoms with Crippen LogP contribution in [0.1, 0.15) is 104 Å². The molecule has 4 saturated carbocycles. The van der Waals surface area contributed by atoms with E-state index in [2.05, 4.69) is 0 Å². The first kappa shape index (κ1) is 41.8. The Hall–Kier alpha value is -3.95. The number of ketones is 1. The van der Waals surface area contributed by atoms with Gasteiger partial charge in [-0.05, 0) is 86.7 Å². The molecule has 0 unspecified atom stereocenters. The summed E-state index contributed by atoms with van der Waals surface area (Å²) in [6, 6.07) is 4.13. The van der Waals surface area contributed by atoms with E-state index in [-0.39, 0.29) is 37.3 Å². The molecule has 0 radical (unpaired) electrons. The van der Waals surface area contributed by atoms with Crippen molar-refractivity contribution in [2.75, 3.05) is 13.7 Å². The zero-order chi connectivity index (χ0) is 42.2. The fraction of sp³-hybridized carbons (Fsp3) is 0.721. The molecule has 2 aliphatic heterocycles. The number of hydrogen-bond acceptors (Lipinski definition) is 11. The Balaban J connectivity index is 1.15. The lowest BCUT2D eigenvalue weighted by atomic mass is 9.77. The average Bonchev–Trinajstić information content (AvgIpc) is 4.09. The third-order valence-corrected chi connectivity index (χ3v) is 16.0. The monoisotopic (exact) mass is 842 g/mol. The van der Waals surface area contributed by atoms with Crippen LogP contribution in [0.2, 0.25) is 0 Å². The summed E-state index contributed by atoms with van der Waals surface area (Å²) in [6.45, 7) is 7.16. The maximum absolute atomic E-state index is 15.0. The minimum absolute atomic E-state index is 0.100. The Bertz CT molecular complexity index is 2130. The first-order valence-corrected chi connectivity index (χ1v) is 22.8. The predicted molar refractivity (Wildman–Crippen MR) is 211 cm³/mol. The molecule has 13 nitrogen and oxygen atoms in total. The van der Waals surface area contributed by atoms with E-state index in [4.69, 9.17) is 24.2 Å². The summed E-state index contributed by atoms with van der Waals surface area (Å²) >= 11 is 0. The molecular weight excluding hydrogens is 787 g/mol. The van der Waals surface area contributed by atoms with Gasteiger partial charge in [-0.2, -0.15) is 0 Å². The third kappa shape index (κ3) is 8.27. The van der Waals surface area contributed by atoms with E-state index in [1.165, 1.54) is 4.90 Å². The van der Waals surface area contributed by atoms with E-state index >= 15 is 0 Å². The number of methoxy groups -OCH3 is 1. The number of ether oxygens (including phenoxy) is 3. The SMILES string of the molecule is COc1ccc2nc3c(nc2c1)O[C@H]1CN(C(=O)[C@H](C(C)(C)C)CC(=O)O[C@@H]2C[C@@H]4C[C@@H]4[C@H]2CCCCC3)[C@H](C(=O)C[C@]2(C(=O)NS(=O)(=O)C3CC3)C[C@H]2C(F)F)[C@@H]1C. The molecule has 2 aromatic rings. The summed E-state index contributed by atoms with van der Waals surface area (Å²) in [4.78, 5) is 68.3. The summed E-state index contributed by atoms with van der Waals surface area (Å²) in [5.74, 6) is -3.80. The molecule has 4 aliphatic carbocycles. The second kappa shape index (κ2) is 15.5. The molecule has 59 heavy (non-hydrogen) atoms. The quantitative estimate of drug-likeness (QED) is 0.318. The molecule has 10 atom stereocenters. The lowest BCUT2D eigenvalue weighted by Gasteiger charge is -2.35. The Morgan fingerprint density at radius 1 is 1.02 bits per heavy atom. The van der Waals surface area contributed by atoms with Gasteiger partial charge in [-0.15, -0.1) is 0 Å². The number of nitrogens with zero attached hydrogens (tertiary/aromatic N) is 3. The molecule has 322 valence electrons. The number of esters is 1. The Labute approximate surface area is 344 Å². The van der Waals surface area contributed by atoms with Crippen LogP contribution >= 0.6 is 0 Å². The lowest BCUT2D eigenvalue weighted by molar-refractivity contribution is -0.158. The van der Waals surface area contributed by atoms with Gasteiger partial charge in [-0.1, -0.05) is 40.5 Å². The predicted octanol–water partition coefficient (Wildman–Crippen LogP) is 5.81. The van der Waals surface area contributed by atoms with Crippen molar-refractivity contribution in [3.8, 4) is 11.6 Å². The Morgan fingerprint density at radius 3 is 2.46 bits per heavy atom. The lowest BCUT2D eigenvalue weighted by Crippen LogP contribution is -2.50. The van der Waals surface area contributed by atoms with Crippen molar-refractivity contribution in [1.29, 1.82) is 0 Å². The van der Waals surface area contributed by atoms with Crippen LogP contribution < -0.4 is 14.2 Å². The van der Waals surface area contributed by atoms with Crippen LogP contribution in [0.3, 0.4) is 0 Å². The number of alkyl halides is 2. The van der Waals surface area contributed by atoms with Crippen LogP contribution in [0.4, 0.5) is 8.78 Å². The zero-order valence-electron chi connectivity index (χ0n) is 34.5. The fourth-order valence-electron chi connectivity index (χ4n) is 10.2. The van der Waals surface area contributed by atoms with Gasteiger partial charge < -0.3 is 19.1 Å². The fourth-order valence-corrected chi connectivity index (χ4v) is 11.6. The number of aromatic nitrogens is 2. The summed E-state index contributed by atoms with van der Waals surface area (Å²) in [5, 5.41) is -0.780. The van der Waals surface area contributed by atoms with Crippen molar-refractivity contribution < 1.29 is 50.6 Å². The molecule has 2 amide bonds. The van der Waals surface area contributed by atoms with Crippen LogP contribution in [0.25, 0.3) is 11.0 Å². The molecule has 1 aromatic carbocycles. The van der Waals surface area contributed by atoms with Gasteiger partial charge in [0.25, 0.3) is 0 Å². The van der Waals surface area contributed by atoms with Crippen molar-refractivity contribution in [3.63, 3.8) is 0 Å². The van der Waals surface area contributed by atoms with E-state index in [9.17, 15) is 36.4 Å². The number of nitrogens with one attached hydrogen (secondary N) is 1. The van der Waals surface area contributed by atoms with E-state index in [0.717, 1.165) is 38.5 Å². The number of carbonyl (C=O) groups excluding carboxylic acids is 4. The maximum atomic E-state index is 15.0. The van der Waals surface area contributed by atoms with E-state index in [1.54, 1.807) is 26.2 Å². The Kier molecular flexibility index (Phi) is 11.0. The number of aryl methyl sites for hydroxylation is 1. The number of halogens is 2. The topological polar surface area (TPSA) is 171 Å². The first-order valence-electron chi connectivity index (χ1n) is 21.3. The van der Waals surface area contributed by atoms with Crippen molar-refractivity contribution in [2.45, 2.75) is 135 Å². The second-order valence-corrected chi connectivity index (χ2v) is 21.2. The standard InChI is InChI=1S/C43H56F2N4O9S/c1-22-35-21-49(37(22)33(50)20-43(19-29(43)38(44)45)41(53)48-59(54,55)25-12-13-25)40(52)28(42(2,3)4)18-36(51)57-34-16-23-15-27(23)26(34)9-7-6-8-10-31-39(58-35)47-32-17-24(56-5)11-14-30(32)46-31/h11,14,17,22-23,25-29,34-35,37-38H,6-10,12-13,15-16,18-21H2,1-5H3,(H,48,53)/t22-,23+,26-,27+,28-,29+,34-,35+,37+,43-/m1/s1. The number of fused-ring (bicyclic) bond motifs is 7. The molecule has 1 N–H and O–H groups in total. The summed E-state index contributed by atoms with van der Waals surface area (Å²) in [5.41, 5.74) is -0.941. The summed E-state index contributed by atoms with van der Waals surface area (Å²) in [7, 11) is -2.55. The highest BCUT2D eigenvalue weighted by atomic mass is 32.2. The normalized spacial score (nSPS) is 33.8. The molecular formula is C43H56F2N4O9S. The van der Waals surface area contributed by atoms with Gasteiger partial charge in [0, 0.05) is 24.3 Å². The molecule has 1 aromatic heterocycles. The van der Waals surface area contributed by atoms with Crippen LogP contribution in [0, 0.1) is 46.3 Å². The molecule has 2 bridgehead atoms. The van der Waals surface area contributed by atoms with Crippen molar-refractivity contribution in [2.24, 2.45) is 46.3 Å². The maximum Gasteiger partial charge on any atom is 0.306 e. The number of hydrogen-bond donors (Lipinski definition) is 1. The van der Waals surface area contributed by atoms with Crippen molar-refractivity contribution in [1.82, 2.24) is 19.6 Å². The highest BCUT2D eigenvalue weighted by molar-refractivity contribution is 7.90. The summed E-state index contributed by atoms with van der Waals surface area (Å²) < 4.78 is 74.6. The minimum atomic E-state index is -4.10. The van der Waals surface area contributed by atoms with Gasteiger partial charge in [-0.25, -0.2) is 27.2 Å². The van der Waals surface area contributed by atoms with E-state index < -0.39 is 92.4 Å². The van der Waals surface area contributed by atoms with Crippen LogP contribution in [0.5, 0.6) is 11.6 Å². The highest BCUT2D eigenvalue weighted by Gasteiger charge is 2.66. The number of Topliss-reactive ketones (excluding diaryl/α,β-unsaturated/α-hetero) is 1. The van der Waals surface area contributed by atoms with Gasteiger partial charge in [0.05, 0.1) is 53.7 Å². The summed E-state index contributed by atoms with van der Waals surface area (Å²) in [6.07, 6.45) is 1.48. The zero-order valence-corrected chi connectivity index (χ0v) is 35.3. The molecule has 5 fully saturated rings. The molecule has 6 aliphatic rings. The van der Waals surface area contributed by atoms with Gasteiger partial charge >= 0.3 is 5.97 Å². The molecule has 1 saturated heterocycles. The highest BCUT2D eigenvalue weighted by Crippen LogP contribution is 2.60. The smallest absolute Gasteiger partial charge is 0.306 e. The molecule has 0 spiro atoms. The number of sulfonamides is 1. The number of benzene rings is 1. The van der Waals surface area contributed by atoms with E-state index in [1.807, 2.05) is 31.6 Å². The largest absolute Gasteiger partial charge is 0.497 e. The van der Waals surface area contributed by atoms with Crippen LogP contribution in [-0.4, -0.2) is 90.4 Å². The van der Waals surface area contributed by atoms with Crippen LogP contribution in [-0.2, 0) is 40.4 Å². The first-order chi connectivity index (χ1) is 27.9. The van der Waals surface area contributed by atoms with Gasteiger partial charge in [0.15, 0.2) is 5.78 Å². The number of rotatable bonds is 8. The number of amides is 2.